The molecule has 1 rings (SSSR count). The molecule has 0 radical (unpaired) electrons. The first-order chi connectivity index (χ1) is 25.8. The van der Waals surface area contributed by atoms with Crippen LogP contribution in [0.25, 0.3) is 0 Å². The minimum Gasteiger partial charge on any atom is -0.394 e. The summed E-state index contributed by atoms with van der Waals surface area (Å²) in [6.07, 6.45) is 33.7. The van der Waals surface area contributed by atoms with Gasteiger partial charge in [0.15, 0.2) is 6.29 Å². The number of hydrogen-bond acceptors (Lipinski definition) is 8. The van der Waals surface area contributed by atoms with E-state index >= 15 is 0 Å². The van der Waals surface area contributed by atoms with E-state index in [0.717, 1.165) is 38.5 Å². The summed E-state index contributed by atoms with van der Waals surface area (Å²) in [7, 11) is 0. The number of amides is 1. The topological polar surface area (TPSA) is 149 Å². The smallest absolute Gasteiger partial charge is 0.220 e. The normalized spacial score (nSPS) is 21.7. The maximum Gasteiger partial charge on any atom is 0.220 e. The summed E-state index contributed by atoms with van der Waals surface area (Å²) in [6, 6.07) is -0.795. The van der Waals surface area contributed by atoms with Crippen molar-refractivity contribution in [3.63, 3.8) is 0 Å². The molecule has 1 saturated heterocycles. The first-order valence-corrected chi connectivity index (χ1v) is 22.4. The van der Waals surface area contributed by atoms with Crippen molar-refractivity contribution in [1.29, 1.82) is 0 Å². The van der Waals surface area contributed by atoms with Crippen LogP contribution in [0.15, 0.2) is 12.2 Å². The Morgan fingerprint density at radius 3 is 1.47 bits per heavy atom. The van der Waals surface area contributed by atoms with Crippen LogP contribution in [0.2, 0.25) is 0 Å². The van der Waals surface area contributed by atoms with Crippen molar-refractivity contribution in [3.05, 3.63) is 12.2 Å². The number of hydrogen-bond donors (Lipinski definition) is 6. The third-order valence-corrected chi connectivity index (χ3v) is 10.9. The monoisotopic (exact) mass is 756 g/mol. The third-order valence-electron chi connectivity index (χ3n) is 10.9. The van der Waals surface area contributed by atoms with Gasteiger partial charge in [-0.05, 0) is 19.3 Å². The van der Waals surface area contributed by atoms with Gasteiger partial charge in [-0.1, -0.05) is 193 Å². The van der Waals surface area contributed by atoms with Gasteiger partial charge in [-0.25, -0.2) is 0 Å². The average Bonchev–Trinajstić information content (AvgIpc) is 3.15. The lowest BCUT2D eigenvalue weighted by Crippen LogP contribution is -2.60. The zero-order chi connectivity index (χ0) is 38.8. The maximum absolute atomic E-state index is 12.6. The Hall–Kier alpha value is -1.07. The highest BCUT2D eigenvalue weighted by Crippen LogP contribution is 2.23. The predicted molar refractivity (Wildman–Crippen MR) is 217 cm³/mol. The minimum atomic E-state index is -1.56. The second-order valence-electron chi connectivity index (χ2n) is 15.9. The molecule has 314 valence electrons. The SMILES string of the molecule is CCCCCCCCCCCCCCCCCCCCCCCCCCC/C=C/C(O)C(COC1OC(CO)C(O)C(O)C1O)NC(=O)CCCCC. The maximum atomic E-state index is 12.6. The Morgan fingerprint density at radius 1 is 0.623 bits per heavy atom. The highest BCUT2D eigenvalue weighted by atomic mass is 16.7. The van der Waals surface area contributed by atoms with E-state index in [4.69, 9.17) is 9.47 Å². The molecule has 0 saturated carbocycles. The Balaban J connectivity index is 2.08. The summed E-state index contributed by atoms with van der Waals surface area (Å²) < 4.78 is 11.1. The number of ether oxygens (including phenoxy) is 2. The molecule has 7 atom stereocenters. The zero-order valence-electron chi connectivity index (χ0n) is 34.3. The van der Waals surface area contributed by atoms with Gasteiger partial charge >= 0.3 is 0 Å². The Morgan fingerprint density at radius 2 is 1.04 bits per heavy atom. The lowest BCUT2D eigenvalue weighted by atomic mass is 9.99. The number of rotatable bonds is 37. The van der Waals surface area contributed by atoms with Crippen LogP contribution in [0.5, 0.6) is 0 Å². The molecule has 1 amide bonds. The number of allylic oxidation sites excluding steroid dienone is 1. The largest absolute Gasteiger partial charge is 0.394 e. The van der Waals surface area contributed by atoms with E-state index in [1.54, 1.807) is 6.08 Å². The zero-order valence-corrected chi connectivity index (χ0v) is 34.3. The molecule has 9 nitrogen and oxygen atoms in total. The highest BCUT2D eigenvalue weighted by Gasteiger charge is 2.44. The van der Waals surface area contributed by atoms with E-state index in [9.17, 15) is 30.3 Å². The fourth-order valence-electron chi connectivity index (χ4n) is 7.21. The Bertz CT molecular complexity index is 842. The van der Waals surface area contributed by atoms with Gasteiger partial charge < -0.3 is 40.3 Å². The van der Waals surface area contributed by atoms with Crippen LogP contribution in [-0.4, -0.2) is 87.5 Å². The molecular weight excluding hydrogens is 670 g/mol. The quantitative estimate of drug-likeness (QED) is 0.0272. The van der Waals surface area contributed by atoms with E-state index in [0.29, 0.717) is 6.42 Å². The van der Waals surface area contributed by atoms with Crippen LogP contribution in [-0.2, 0) is 14.3 Å². The number of aliphatic hydroxyl groups is 5. The van der Waals surface area contributed by atoms with Crippen molar-refractivity contribution in [1.82, 2.24) is 5.32 Å². The summed E-state index contributed by atoms with van der Waals surface area (Å²) in [5.41, 5.74) is 0. The second kappa shape index (κ2) is 35.4. The lowest BCUT2D eigenvalue weighted by molar-refractivity contribution is -0.302. The number of unbranched alkanes of at least 4 members (excludes halogenated alkanes) is 27. The molecule has 7 unspecified atom stereocenters. The van der Waals surface area contributed by atoms with Gasteiger partial charge in [0, 0.05) is 6.42 Å². The number of nitrogens with one attached hydrogen (secondary N) is 1. The first kappa shape index (κ1) is 49.9. The van der Waals surface area contributed by atoms with Crippen LogP contribution in [0.3, 0.4) is 0 Å². The highest BCUT2D eigenvalue weighted by molar-refractivity contribution is 5.76. The van der Waals surface area contributed by atoms with Crippen molar-refractivity contribution in [2.24, 2.45) is 0 Å². The van der Waals surface area contributed by atoms with E-state index < -0.39 is 49.5 Å². The summed E-state index contributed by atoms with van der Waals surface area (Å²) in [6.45, 7) is 3.60. The molecule has 1 aliphatic rings. The molecule has 0 aliphatic carbocycles. The van der Waals surface area contributed by atoms with E-state index in [1.807, 2.05) is 6.08 Å². The van der Waals surface area contributed by atoms with Gasteiger partial charge in [-0.15, -0.1) is 0 Å². The van der Waals surface area contributed by atoms with Gasteiger partial charge in [0.1, 0.15) is 24.4 Å². The minimum absolute atomic E-state index is 0.187. The molecule has 0 spiro atoms. The van der Waals surface area contributed by atoms with Crippen molar-refractivity contribution >= 4 is 5.91 Å². The Labute approximate surface area is 325 Å². The van der Waals surface area contributed by atoms with Crippen molar-refractivity contribution in [2.45, 2.75) is 249 Å². The molecular formula is C44H85NO8. The van der Waals surface area contributed by atoms with Crippen molar-refractivity contribution < 1.29 is 39.8 Å². The molecule has 1 fully saturated rings. The van der Waals surface area contributed by atoms with Crippen LogP contribution >= 0.6 is 0 Å². The molecule has 53 heavy (non-hydrogen) atoms. The van der Waals surface area contributed by atoms with Gasteiger partial charge in [-0.3, -0.25) is 4.79 Å². The molecule has 0 aromatic carbocycles. The van der Waals surface area contributed by atoms with Gasteiger partial charge in [0.2, 0.25) is 5.91 Å². The summed E-state index contributed by atoms with van der Waals surface area (Å²) in [5, 5.41) is 53.6. The van der Waals surface area contributed by atoms with Crippen molar-refractivity contribution in [3.8, 4) is 0 Å². The van der Waals surface area contributed by atoms with E-state index in [1.165, 1.54) is 148 Å². The lowest BCUT2D eigenvalue weighted by Gasteiger charge is -2.40. The fraction of sp³-hybridized carbons (Fsp3) is 0.932. The van der Waals surface area contributed by atoms with Gasteiger partial charge in [0.25, 0.3) is 0 Å². The predicted octanol–water partition coefficient (Wildman–Crippen LogP) is 8.95. The number of carbonyl (C=O) groups excluding carboxylic acids is 1. The van der Waals surface area contributed by atoms with Gasteiger partial charge in [-0.2, -0.15) is 0 Å². The molecule has 0 aromatic rings. The fourth-order valence-corrected chi connectivity index (χ4v) is 7.21. The third kappa shape index (κ3) is 26.4. The number of carbonyl (C=O) groups is 1. The molecule has 6 N–H and O–H groups in total. The average molecular weight is 756 g/mol. The van der Waals surface area contributed by atoms with E-state index in [-0.39, 0.29) is 12.5 Å². The van der Waals surface area contributed by atoms with Crippen molar-refractivity contribution in [2.75, 3.05) is 13.2 Å². The molecule has 0 bridgehead atoms. The van der Waals surface area contributed by atoms with Crippen LogP contribution in [0.1, 0.15) is 206 Å². The van der Waals surface area contributed by atoms with Gasteiger partial charge in [0.05, 0.1) is 25.4 Å². The summed E-state index contributed by atoms with van der Waals surface area (Å²) in [5.74, 6) is -0.200. The molecule has 1 heterocycles. The summed E-state index contributed by atoms with van der Waals surface area (Å²) >= 11 is 0. The first-order valence-electron chi connectivity index (χ1n) is 22.4. The Kier molecular flexibility index (Phi) is 33.3. The van der Waals surface area contributed by atoms with Crippen LogP contribution in [0, 0.1) is 0 Å². The molecule has 9 heteroatoms. The van der Waals surface area contributed by atoms with Crippen LogP contribution in [0.4, 0.5) is 0 Å². The molecule has 0 aromatic heterocycles. The van der Waals surface area contributed by atoms with E-state index in [2.05, 4.69) is 19.2 Å². The number of aliphatic hydroxyl groups excluding tert-OH is 5. The second-order valence-corrected chi connectivity index (χ2v) is 15.9. The van der Waals surface area contributed by atoms with Crippen LogP contribution < -0.4 is 5.32 Å². The molecule has 1 aliphatic heterocycles. The standard InChI is InChI=1S/C44H85NO8/c1-3-5-7-8-9-10-11-12-13-14-15-16-17-18-19-20-21-22-23-24-25-26-27-28-29-30-32-33-38(47)37(45-40(48)34-31-6-4-2)36-52-44-43(51)42(50)41(49)39(35-46)53-44/h32-33,37-39,41-44,46-47,49-51H,3-31,34-36H2,1-2H3,(H,45,48)/b33-32+. The summed E-state index contributed by atoms with van der Waals surface area (Å²) in [4.78, 5) is 12.6.